The summed E-state index contributed by atoms with van der Waals surface area (Å²) in [7, 11) is 0. The molecule has 0 atom stereocenters. The van der Waals surface area contributed by atoms with Gasteiger partial charge in [0.05, 0.1) is 5.39 Å². The lowest BCUT2D eigenvalue weighted by Gasteiger charge is -2.10. The number of ether oxygens (including phenoxy) is 3. The minimum Gasteiger partial charge on any atom is -0.457 e. The molecule has 0 saturated carbocycles. The van der Waals surface area contributed by atoms with Gasteiger partial charge in [-0.3, -0.25) is 9.59 Å². The summed E-state index contributed by atoms with van der Waals surface area (Å²) in [5.41, 5.74) is 0.851. The molecule has 0 aliphatic carbocycles. The van der Waals surface area contributed by atoms with Gasteiger partial charge in [0.1, 0.15) is 29.4 Å². The Labute approximate surface area is 207 Å². The number of carbonyl (C=O) groups excluding carboxylic acids is 2. The van der Waals surface area contributed by atoms with Gasteiger partial charge in [0.2, 0.25) is 11.2 Å². The van der Waals surface area contributed by atoms with Crippen LogP contribution >= 0.6 is 0 Å². The number of alkyl carbamates (subject to hydrolysis) is 1. The van der Waals surface area contributed by atoms with Crippen molar-refractivity contribution in [2.75, 3.05) is 6.54 Å². The smallest absolute Gasteiger partial charge is 0.407 e. The van der Waals surface area contributed by atoms with Gasteiger partial charge in [0.15, 0.2) is 0 Å². The Balaban J connectivity index is 1.28. The molecule has 1 N–H and O–H groups in total. The van der Waals surface area contributed by atoms with Crippen LogP contribution in [0.5, 0.6) is 17.2 Å². The van der Waals surface area contributed by atoms with E-state index in [0.29, 0.717) is 23.3 Å². The second-order valence-electron chi connectivity index (χ2n) is 7.96. The molecule has 1 aromatic heterocycles. The highest BCUT2D eigenvalue weighted by Gasteiger charge is 2.15. The lowest BCUT2D eigenvalue weighted by molar-refractivity contribution is -0.134. The summed E-state index contributed by atoms with van der Waals surface area (Å²) in [4.78, 5) is 36.9. The van der Waals surface area contributed by atoms with Crippen LogP contribution in [-0.4, -0.2) is 18.6 Å². The number of fused-ring (bicyclic) bond motifs is 1. The summed E-state index contributed by atoms with van der Waals surface area (Å²) in [5, 5.41) is 2.91. The van der Waals surface area contributed by atoms with E-state index in [2.05, 4.69) is 5.32 Å². The maximum Gasteiger partial charge on any atom is 0.407 e. The normalized spacial score (nSPS) is 10.6. The van der Waals surface area contributed by atoms with E-state index in [0.717, 1.165) is 5.56 Å². The maximum atomic E-state index is 12.9. The number of para-hydroxylation sites is 1. The van der Waals surface area contributed by atoms with Gasteiger partial charge in [0, 0.05) is 19.0 Å². The summed E-state index contributed by atoms with van der Waals surface area (Å²) in [6.07, 6.45) is -0.0896. The Kier molecular flexibility index (Phi) is 7.97. The van der Waals surface area contributed by atoms with E-state index in [-0.39, 0.29) is 42.1 Å². The molecule has 184 valence electrons. The van der Waals surface area contributed by atoms with Gasteiger partial charge in [-0.05, 0) is 43.2 Å². The second-order valence-corrected chi connectivity index (χ2v) is 7.96. The maximum absolute atomic E-state index is 12.9. The molecule has 1 heterocycles. The van der Waals surface area contributed by atoms with Crippen molar-refractivity contribution in [3.05, 3.63) is 100 Å². The van der Waals surface area contributed by atoms with E-state index in [1.54, 1.807) is 19.1 Å². The molecule has 4 rings (SSSR count). The molecule has 0 bridgehead atoms. The first-order valence-corrected chi connectivity index (χ1v) is 11.4. The minimum atomic E-state index is -0.553. The quantitative estimate of drug-likeness (QED) is 0.189. The largest absolute Gasteiger partial charge is 0.457 e. The number of benzene rings is 3. The SMILES string of the molecule is Cc1oc2cc(OC(=O)CCCNC(=O)OCc3ccccc3)ccc2c(=O)c1Oc1ccccc1. The topological polar surface area (TPSA) is 104 Å². The predicted molar refractivity (Wildman–Crippen MR) is 133 cm³/mol. The van der Waals surface area contributed by atoms with Gasteiger partial charge in [-0.25, -0.2) is 4.79 Å². The summed E-state index contributed by atoms with van der Waals surface area (Å²) in [6.45, 7) is 2.07. The van der Waals surface area contributed by atoms with E-state index < -0.39 is 12.1 Å². The molecule has 0 fully saturated rings. The first kappa shape index (κ1) is 24.5. The Morgan fingerprint density at radius 1 is 0.917 bits per heavy atom. The lowest BCUT2D eigenvalue weighted by atomic mass is 10.2. The van der Waals surface area contributed by atoms with E-state index in [1.807, 2.05) is 48.5 Å². The number of nitrogens with one attached hydrogen (secondary N) is 1. The van der Waals surface area contributed by atoms with E-state index >= 15 is 0 Å². The molecule has 0 aliphatic heterocycles. The van der Waals surface area contributed by atoms with Crippen molar-refractivity contribution in [1.29, 1.82) is 0 Å². The minimum absolute atomic E-state index is 0.0871. The van der Waals surface area contributed by atoms with Crippen LogP contribution < -0.4 is 20.2 Å². The number of esters is 1. The van der Waals surface area contributed by atoms with Crippen molar-refractivity contribution in [2.24, 2.45) is 0 Å². The third-order valence-corrected chi connectivity index (χ3v) is 5.22. The summed E-state index contributed by atoms with van der Waals surface area (Å²) in [5.74, 6) is 0.717. The number of carbonyl (C=O) groups is 2. The zero-order chi connectivity index (χ0) is 25.3. The zero-order valence-corrected chi connectivity index (χ0v) is 19.7. The molecule has 0 unspecified atom stereocenters. The van der Waals surface area contributed by atoms with Crippen molar-refractivity contribution < 1.29 is 28.2 Å². The van der Waals surface area contributed by atoms with Crippen LogP contribution in [0.2, 0.25) is 0 Å². The fraction of sp³-hybridized carbons (Fsp3) is 0.179. The van der Waals surface area contributed by atoms with Gasteiger partial charge in [-0.15, -0.1) is 0 Å². The standard InChI is InChI=1S/C28H25NO7/c1-19-27(36-21-11-6-3-7-12-21)26(31)23-15-14-22(17-24(23)34-19)35-25(30)13-8-16-29-28(32)33-18-20-9-4-2-5-10-20/h2-7,9-12,14-15,17H,8,13,16,18H2,1H3,(H,29,32). The van der Waals surface area contributed by atoms with Gasteiger partial charge in [0.25, 0.3) is 0 Å². The van der Waals surface area contributed by atoms with Gasteiger partial charge in [-0.1, -0.05) is 48.5 Å². The van der Waals surface area contributed by atoms with Crippen LogP contribution in [0.4, 0.5) is 4.79 Å². The highest BCUT2D eigenvalue weighted by Crippen LogP contribution is 2.27. The van der Waals surface area contributed by atoms with Crippen LogP contribution in [0.15, 0.2) is 88.1 Å². The molecule has 0 saturated heterocycles. The van der Waals surface area contributed by atoms with Crippen molar-refractivity contribution in [3.63, 3.8) is 0 Å². The van der Waals surface area contributed by atoms with Crippen LogP contribution in [0, 0.1) is 6.92 Å². The lowest BCUT2D eigenvalue weighted by Crippen LogP contribution is -2.26. The third kappa shape index (κ3) is 6.50. The average molecular weight is 488 g/mol. The fourth-order valence-electron chi connectivity index (χ4n) is 3.44. The molecule has 4 aromatic rings. The van der Waals surface area contributed by atoms with Crippen molar-refractivity contribution in [2.45, 2.75) is 26.4 Å². The Hall–Kier alpha value is -4.59. The molecular weight excluding hydrogens is 462 g/mol. The second kappa shape index (κ2) is 11.7. The van der Waals surface area contributed by atoms with Crippen LogP contribution in [0.3, 0.4) is 0 Å². The van der Waals surface area contributed by atoms with Crippen LogP contribution in [0.1, 0.15) is 24.2 Å². The number of amides is 1. The van der Waals surface area contributed by atoms with Crippen molar-refractivity contribution in [3.8, 4) is 17.2 Å². The van der Waals surface area contributed by atoms with Gasteiger partial charge < -0.3 is 23.9 Å². The summed E-state index contributed by atoms with van der Waals surface area (Å²) >= 11 is 0. The number of hydrogen-bond donors (Lipinski definition) is 1. The van der Waals surface area contributed by atoms with Crippen LogP contribution in [-0.2, 0) is 16.1 Å². The fourth-order valence-corrected chi connectivity index (χ4v) is 3.44. The van der Waals surface area contributed by atoms with Gasteiger partial charge >= 0.3 is 12.1 Å². The van der Waals surface area contributed by atoms with E-state index in [1.165, 1.54) is 18.2 Å². The van der Waals surface area contributed by atoms with E-state index in [9.17, 15) is 14.4 Å². The highest BCUT2D eigenvalue weighted by molar-refractivity contribution is 5.81. The molecule has 36 heavy (non-hydrogen) atoms. The highest BCUT2D eigenvalue weighted by atomic mass is 16.5. The molecular formula is C28H25NO7. The monoisotopic (exact) mass is 487 g/mol. The van der Waals surface area contributed by atoms with Crippen molar-refractivity contribution in [1.82, 2.24) is 5.32 Å². The van der Waals surface area contributed by atoms with Crippen molar-refractivity contribution >= 4 is 23.0 Å². The first-order chi connectivity index (χ1) is 17.5. The predicted octanol–water partition coefficient (Wildman–Crippen LogP) is 5.51. The summed E-state index contributed by atoms with van der Waals surface area (Å²) in [6, 6.07) is 22.8. The molecule has 8 nitrogen and oxygen atoms in total. The molecule has 0 aliphatic rings. The van der Waals surface area contributed by atoms with Gasteiger partial charge in [-0.2, -0.15) is 0 Å². The molecule has 3 aromatic carbocycles. The number of aryl methyl sites for hydroxylation is 1. The summed E-state index contributed by atoms with van der Waals surface area (Å²) < 4.78 is 22.0. The number of hydrogen-bond acceptors (Lipinski definition) is 7. The van der Waals surface area contributed by atoms with Crippen LogP contribution in [0.25, 0.3) is 11.0 Å². The average Bonchev–Trinajstić information content (AvgIpc) is 2.89. The Bertz CT molecular complexity index is 1400. The first-order valence-electron chi connectivity index (χ1n) is 11.4. The van der Waals surface area contributed by atoms with E-state index in [4.69, 9.17) is 18.6 Å². The number of rotatable bonds is 9. The Morgan fingerprint density at radius 3 is 2.39 bits per heavy atom. The molecule has 1 amide bonds. The molecule has 0 spiro atoms. The Morgan fingerprint density at radius 2 is 1.64 bits per heavy atom. The third-order valence-electron chi connectivity index (χ3n) is 5.22. The molecule has 0 radical (unpaired) electrons. The molecule has 8 heteroatoms. The zero-order valence-electron chi connectivity index (χ0n) is 19.7.